The van der Waals surface area contributed by atoms with Crippen molar-refractivity contribution in [3.8, 4) is 22.4 Å². The number of furan rings is 1. The molecule has 4 aromatic rings. The molecule has 0 N–H and O–H groups in total. The van der Waals surface area contributed by atoms with Crippen molar-refractivity contribution in [3.63, 3.8) is 0 Å². The largest absolute Gasteiger partial charge is 0.466 e. The van der Waals surface area contributed by atoms with Gasteiger partial charge in [0.05, 0.1) is 12.0 Å². The number of esters is 1. The zero-order valence-electron chi connectivity index (χ0n) is 15.7. The zero-order chi connectivity index (χ0) is 20.2. The van der Waals surface area contributed by atoms with Crippen molar-refractivity contribution < 1.29 is 13.9 Å². The molecule has 0 atom stereocenters. The fourth-order valence-electron chi connectivity index (χ4n) is 3.11. The van der Waals surface area contributed by atoms with E-state index >= 15 is 0 Å². The lowest BCUT2D eigenvalue weighted by atomic mass is 9.95. The second-order valence-electron chi connectivity index (χ2n) is 6.41. The van der Waals surface area contributed by atoms with Crippen molar-refractivity contribution in [3.05, 3.63) is 101 Å². The molecule has 2 heterocycles. The number of carbonyl (C=O) groups is 1. The number of benzene rings is 2. The first-order valence-corrected chi connectivity index (χ1v) is 9.07. The van der Waals surface area contributed by atoms with Crippen LogP contribution in [0.5, 0.6) is 0 Å². The summed E-state index contributed by atoms with van der Waals surface area (Å²) in [5.74, 6) is -0.228. The summed E-state index contributed by atoms with van der Waals surface area (Å²) in [6, 6.07) is 22.1. The first-order chi connectivity index (χ1) is 14.1. The summed E-state index contributed by atoms with van der Waals surface area (Å²) in [6.07, 6.45) is 1.50. The predicted octanol–water partition coefficient (Wildman–Crippen LogP) is 4.06. The number of nitrogens with zero attached hydrogens (tertiary/aromatic N) is 2. The Morgan fingerprint density at radius 1 is 0.966 bits per heavy atom. The van der Waals surface area contributed by atoms with Crippen LogP contribution in [0.2, 0.25) is 0 Å². The molecule has 2 aromatic carbocycles. The molecule has 6 heteroatoms. The number of carbonyl (C=O) groups excluding carboxylic acids is 1. The van der Waals surface area contributed by atoms with E-state index in [4.69, 9.17) is 9.15 Å². The van der Waals surface area contributed by atoms with Gasteiger partial charge in [-0.2, -0.15) is 5.10 Å². The Morgan fingerprint density at radius 2 is 1.62 bits per heavy atom. The minimum Gasteiger partial charge on any atom is -0.466 e. The number of ether oxygens (including phenoxy) is 1. The second kappa shape index (κ2) is 7.98. The minimum absolute atomic E-state index is 0.0564. The van der Waals surface area contributed by atoms with Crippen molar-refractivity contribution in [2.45, 2.75) is 6.61 Å². The Kier molecular flexibility index (Phi) is 5.07. The first-order valence-electron chi connectivity index (χ1n) is 9.07. The molecule has 0 bridgehead atoms. The molecule has 4 rings (SSSR count). The number of aromatic nitrogens is 2. The van der Waals surface area contributed by atoms with Gasteiger partial charge in [-0.15, -0.1) is 0 Å². The highest BCUT2D eigenvalue weighted by Gasteiger charge is 2.25. The molecule has 6 nitrogen and oxygen atoms in total. The quantitative estimate of drug-likeness (QED) is 0.484. The third kappa shape index (κ3) is 3.73. The average molecular weight is 386 g/mol. The third-order valence-electron chi connectivity index (χ3n) is 4.48. The average Bonchev–Trinajstić information content (AvgIpc) is 3.28. The van der Waals surface area contributed by atoms with Crippen molar-refractivity contribution in [2.24, 2.45) is 7.05 Å². The van der Waals surface area contributed by atoms with E-state index < -0.39 is 11.5 Å². The van der Waals surface area contributed by atoms with Crippen LogP contribution in [0.3, 0.4) is 0 Å². The third-order valence-corrected chi connectivity index (χ3v) is 4.48. The van der Waals surface area contributed by atoms with Crippen LogP contribution in [-0.4, -0.2) is 15.7 Å². The zero-order valence-corrected chi connectivity index (χ0v) is 15.7. The fourth-order valence-corrected chi connectivity index (χ4v) is 3.11. The van der Waals surface area contributed by atoms with Gasteiger partial charge in [-0.3, -0.25) is 4.79 Å². The number of hydrogen-bond acceptors (Lipinski definition) is 5. The van der Waals surface area contributed by atoms with Crippen molar-refractivity contribution in [1.82, 2.24) is 9.78 Å². The molecule has 144 valence electrons. The van der Waals surface area contributed by atoms with Gasteiger partial charge in [-0.05, 0) is 17.7 Å². The molecule has 0 saturated heterocycles. The van der Waals surface area contributed by atoms with Crippen LogP contribution in [0, 0.1) is 0 Å². The monoisotopic (exact) mass is 386 g/mol. The van der Waals surface area contributed by atoms with E-state index in [0.29, 0.717) is 22.6 Å². The van der Waals surface area contributed by atoms with E-state index in [1.807, 2.05) is 60.7 Å². The molecule has 0 spiro atoms. The second-order valence-corrected chi connectivity index (χ2v) is 6.41. The maximum absolute atomic E-state index is 13.0. The van der Waals surface area contributed by atoms with Gasteiger partial charge in [0, 0.05) is 18.2 Å². The maximum Gasteiger partial charge on any atom is 0.345 e. The van der Waals surface area contributed by atoms with Crippen LogP contribution in [0.1, 0.15) is 16.1 Å². The van der Waals surface area contributed by atoms with Gasteiger partial charge in [0.15, 0.2) is 0 Å². The van der Waals surface area contributed by atoms with Crippen molar-refractivity contribution in [2.75, 3.05) is 0 Å². The molecular formula is C23H18N2O4. The molecule has 0 unspecified atom stereocenters. The van der Waals surface area contributed by atoms with E-state index in [-0.39, 0.29) is 12.2 Å². The topological polar surface area (TPSA) is 74.3 Å². The Labute approximate surface area is 167 Å². The molecule has 0 radical (unpaired) electrons. The van der Waals surface area contributed by atoms with E-state index in [9.17, 15) is 9.59 Å². The summed E-state index contributed by atoms with van der Waals surface area (Å²) in [6.45, 7) is -0.0633. The Bertz CT molecular complexity index is 1180. The highest BCUT2D eigenvalue weighted by atomic mass is 16.5. The van der Waals surface area contributed by atoms with E-state index in [2.05, 4.69) is 5.10 Å². The van der Waals surface area contributed by atoms with Gasteiger partial charge in [0.2, 0.25) is 0 Å². The Morgan fingerprint density at radius 3 is 2.24 bits per heavy atom. The van der Waals surface area contributed by atoms with Crippen LogP contribution in [-0.2, 0) is 18.4 Å². The highest BCUT2D eigenvalue weighted by molar-refractivity contribution is 6.00. The molecule has 0 fully saturated rings. The number of aryl methyl sites for hydroxylation is 1. The van der Waals surface area contributed by atoms with Gasteiger partial charge in [-0.1, -0.05) is 60.7 Å². The lowest BCUT2D eigenvalue weighted by Crippen LogP contribution is -2.29. The van der Waals surface area contributed by atoms with Gasteiger partial charge in [0.1, 0.15) is 17.9 Å². The number of rotatable bonds is 5. The summed E-state index contributed by atoms with van der Waals surface area (Å²) in [5, 5.41) is 4.45. The molecular weight excluding hydrogens is 368 g/mol. The van der Waals surface area contributed by atoms with Gasteiger partial charge in [0.25, 0.3) is 5.56 Å². The lowest BCUT2D eigenvalue weighted by molar-refractivity contribution is 0.0443. The summed E-state index contributed by atoms with van der Waals surface area (Å²) in [4.78, 5) is 25.9. The van der Waals surface area contributed by atoms with Gasteiger partial charge in [-0.25, -0.2) is 9.48 Å². The van der Waals surface area contributed by atoms with Crippen LogP contribution < -0.4 is 5.56 Å². The van der Waals surface area contributed by atoms with Crippen molar-refractivity contribution >= 4 is 5.97 Å². The summed E-state index contributed by atoms with van der Waals surface area (Å²) >= 11 is 0. The van der Waals surface area contributed by atoms with Crippen LogP contribution in [0.15, 0.2) is 88.3 Å². The summed E-state index contributed by atoms with van der Waals surface area (Å²) in [5.41, 5.74) is 1.91. The normalized spacial score (nSPS) is 10.7. The smallest absolute Gasteiger partial charge is 0.345 e. The SMILES string of the molecule is Cn1nc(-c2ccccc2)c(-c2ccccc2)c(C(=O)OCc2ccco2)c1=O. The molecule has 2 aromatic heterocycles. The number of hydrogen-bond donors (Lipinski definition) is 0. The first kappa shape index (κ1) is 18.4. The maximum atomic E-state index is 13.0. The molecule has 29 heavy (non-hydrogen) atoms. The fraction of sp³-hybridized carbons (Fsp3) is 0.0870. The van der Waals surface area contributed by atoms with Crippen LogP contribution in [0.4, 0.5) is 0 Å². The standard InChI is InChI=1S/C23H18N2O4/c1-25-22(26)20(23(27)29-15-18-13-8-14-28-18)19(16-9-4-2-5-10-16)21(24-25)17-11-6-3-7-12-17/h2-14H,15H2,1H3. The highest BCUT2D eigenvalue weighted by Crippen LogP contribution is 2.32. The van der Waals surface area contributed by atoms with Gasteiger partial charge < -0.3 is 9.15 Å². The Hall–Kier alpha value is -3.93. The van der Waals surface area contributed by atoms with E-state index in [0.717, 1.165) is 10.2 Å². The summed E-state index contributed by atoms with van der Waals surface area (Å²) in [7, 11) is 1.52. The molecule has 0 amide bonds. The molecule has 0 aliphatic heterocycles. The van der Waals surface area contributed by atoms with Crippen molar-refractivity contribution in [1.29, 1.82) is 0 Å². The minimum atomic E-state index is -0.722. The lowest BCUT2D eigenvalue weighted by Gasteiger charge is -2.15. The molecule has 0 saturated carbocycles. The summed E-state index contributed by atoms with van der Waals surface area (Å²) < 4.78 is 11.8. The van der Waals surface area contributed by atoms with Crippen LogP contribution in [0.25, 0.3) is 22.4 Å². The molecule has 0 aliphatic rings. The van der Waals surface area contributed by atoms with E-state index in [1.165, 1.54) is 13.3 Å². The Balaban J connectivity index is 1.90. The van der Waals surface area contributed by atoms with Crippen LogP contribution >= 0.6 is 0 Å². The van der Waals surface area contributed by atoms with Gasteiger partial charge >= 0.3 is 5.97 Å². The predicted molar refractivity (Wildman–Crippen MR) is 108 cm³/mol. The molecule has 0 aliphatic carbocycles. The van der Waals surface area contributed by atoms with E-state index in [1.54, 1.807) is 12.1 Å².